The van der Waals surface area contributed by atoms with Crippen LogP contribution in [-0.4, -0.2) is 5.78 Å². The van der Waals surface area contributed by atoms with Gasteiger partial charge in [-0.2, -0.15) is 0 Å². The van der Waals surface area contributed by atoms with Crippen LogP contribution in [0.3, 0.4) is 0 Å². The summed E-state index contributed by atoms with van der Waals surface area (Å²) in [6, 6.07) is 0. The zero-order valence-electron chi connectivity index (χ0n) is 10.3. The van der Waals surface area contributed by atoms with Crippen molar-refractivity contribution in [3.05, 3.63) is 19.1 Å². The van der Waals surface area contributed by atoms with Gasteiger partial charge in [-0.05, 0) is 18.4 Å². The number of carbonyl (C=O) groups excluding carboxylic acids is 1. The average Bonchev–Trinajstić information content (AvgIpc) is 2.23. The molecular weight excluding hydrogens is 273 g/mol. The zero-order valence-corrected chi connectivity index (χ0v) is 13.2. The molecule has 1 radical (unpaired) electrons. The summed E-state index contributed by atoms with van der Waals surface area (Å²) >= 11 is 0. The van der Waals surface area contributed by atoms with Crippen molar-refractivity contribution in [2.75, 3.05) is 0 Å². The summed E-state index contributed by atoms with van der Waals surface area (Å²) in [5.74, 6) is 0.160. The Kier molecular flexibility index (Phi) is 9.84. The van der Waals surface area contributed by atoms with Crippen LogP contribution in [0.2, 0.25) is 0 Å². The minimum Gasteiger partial charge on any atom is -0.333 e. The molecule has 0 aromatic heterocycles. The topological polar surface area (TPSA) is 17.1 Å². The molecule has 16 heavy (non-hydrogen) atoms. The first-order valence-electron chi connectivity index (χ1n) is 6.27. The summed E-state index contributed by atoms with van der Waals surface area (Å²) in [5, 5.41) is 0. The summed E-state index contributed by atoms with van der Waals surface area (Å²) < 4.78 is 0. The number of ketones is 1. The third-order valence-electron chi connectivity index (χ3n) is 3.25. The molecule has 0 aromatic carbocycles. The molecule has 0 bridgehead atoms. The number of carbonyl (C=O) groups is 1. The Morgan fingerprint density at radius 1 is 1.00 bits per heavy atom. The van der Waals surface area contributed by atoms with Crippen LogP contribution in [0.25, 0.3) is 0 Å². The van der Waals surface area contributed by atoms with E-state index in [0.717, 1.165) is 31.3 Å². The van der Waals surface area contributed by atoms with Gasteiger partial charge < -0.3 is 6.92 Å². The van der Waals surface area contributed by atoms with Crippen LogP contribution in [0.5, 0.6) is 0 Å². The van der Waals surface area contributed by atoms with Gasteiger partial charge in [-0.3, -0.25) is 4.79 Å². The molecular formula is C14H23OY-. The molecule has 1 rings (SSSR count). The maximum atomic E-state index is 11.8. The van der Waals surface area contributed by atoms with Gasteiger partial charge in [0.05, 0.1) is 0 Å². The quantitative estimate of drug-likeness (QED) is 0.486. The molecule has 0 aliphatic heterocycles. The molecule has 2 heteroatoms. The summed E-state index contributed by atoms with van der Waals surface area (Å²) in [7, 11) is 0. The van der Waals surface area contributed by atoms with Crippen LogP contribution in [0.15, 0.2) is 12.2 Å². The average molecular weight is 296 g/mol. The van der Waals surface area contributed by atoms with Gasteiger partial charge in [0, 0.05) is 32.7 Å². The molecule has 0 heterocycles. The van der Waals surface area contributed by atoms with Gasteiger partial charge in [-0.1, -0.05) is 51.5 Å². The van der Waals surface area contributed by atoms with Crippen LogP contribution in [0.1, 0.15) is 57.8 Å². The molecule has 1 nitrogen and oxygen atoms in total. The minimum atomic E-state index is -0.0445. The maximum absolute atomic E-state index is 11.8. The van der Waals surface area contributed by atoms with Gasteiger partial charge in [0.15, 0.2) is 0 Å². The van der Waals surface area contributed by atoms with Gasteiger partial charge in [-0.25, -0.2) is 0 Å². The molecule has 0 saturated heterocycles. The number of hydrogen-bond donors (Lipinski definition) is 0. The van der Waals surface area contributed by atoms with Crippen molar-refractivity contribution in [2.24, 2.45) is 5.92 Å². The fourth-order valence-corrected chi connectivity index (χ4v) is 2.16. The minimum absolute atomic E-state index is 0. The Labute approximate surface area is 125 Å². The SMILES string of the molecule is C=C1CCCCCCCCCC([CH2-])C1=O.[Y]. The standard InChI is InChI=1S/C14H23O.Y/c1-12-10-8-6-4-3-5-7-9-11-13(2)14(12)15;/h12H,1-11H2;/q-1;. The fraction of sp³-hybridized carbons (Fsp3) is 0.714. The smallest absolute Gasteiger partial charge is 0.131 e. The van der Waals surface area contributed by atoms with E-state index >= 15 is 0 Å². The van der Waals surface area contributed by atoms with Crippen molar-refractivity contribution in [1.29, 1.82) is 0 Å². The van der Waals surface area contributed by atoms with E-state index in [2.05, 4.69) is 13.5 Å². The molecule has 0 spiro atoms. The zero-order chi connectivity index (χ0) is 11.1. The third kappa shape index (κ3) is 6.30. The van der Waals surface area contributed by atoms with Crippen molar-refractivity contribution in [3.8, 4) is 0 Å². The molecule has 1 fully saturated rings. The second kappa shape index (κ2) is 9.53. The van der Waals surface area contributed by atoms with E-state index < -0.39 is 0 Å². The summed E-state index contributed by atoms with van der Waals surface area (Å²) in [6.07, 6.45) is 10.6. The maximum Gasteiger partial charge on any atom is 0.131 e. The van der Waals surface area contributed by atoms with E-state index in [4.69, 9.17) is 0 Å². The van der Waals surface area contributed by atoms with Gasteiger partial charge in [0.2, 0.25) is 0 Å². The second-order valence-corrected chi connectivity index (χ2v) is 4.68. The number of Topliss-reactive ketones (excluding diaryl/α,β-unsaturated/α-hetero) is 1. The van der Waals surface area contributed by atoms with Gasteiger partial charge in [0.1, 0.15) is 5.78 Å². The van der Waals surface area contributed by atoms with Gasteiger partial charge in [-0.15, -0.1) is 5.92 Å². The van der Waals surface area contributed by atoms with Gasteiger partial charge in [0.25, 0.3) is 0 Å². The molecule has 89 valence electrons. The van der Waals surface area contributed by atoms with Crippen LogP contribution < -0.4 is 0 Å². The fourth-order valence-electron chi connectivity index (χ4n) is 2.16. The molecule has 1 unspecified atom stereocenters. The Bertz CT molecular complexity index is 223. The largest absolute Gasteiger partial charge is 0.333 e. The van der Waals surface area contributed by atoms with E-state index in [1.807, 2.05) is 0 Å². The van der Waals surface area contributed by atoms with Crippen molar-refractivity contribution >= 4 is 5.78 Å². The van der Waals surface area contributed by atoms with E-state index in [0.29, 0.717) is 0 Å². The third-order valence-corrected chi connectivity index (χ3v) is 3.25. The van der Waals surface area contributed by atoms with Crippen LogP contribution in [-0.2, 0) is 37.5 Å². The predicted octanol–water partition coefficient (Wildman–Crippen LogP) is 4.08. The van der Waals surface area contributed by atoms with Crippen LogP contribution in [0, 0.1) is 12.8 Å². The van der Waals surface area contributed by atoms with Gasteiger partial charge >= 0.3 is 0 Å². The normalized spacial score (nSPS) is 25.2. The molecule has 0 aromatic rings. The van der Waals surface area contributed by atoms with Crippen molar-refractivity contribution < 1.29 is 37.5 Å². The molecule has 0 amide bonds. The Morgan fingerprint density at radius 3 is 2.12 bits per heavy atom. The van der Waals surface area contributed by atoms with Crippen molar-refractivity contribution in [3.63, 3.8) is 0 Å². The summed E-state index contributed by atoms with van der Waals surface area (Å²) in [5.41, 5.74) is 0.801. The monoisotopic (exact) mass is 296 g/mol. The van der Waals surface area contributed by atoms with E-state index in [9.17, 15) is 4.79 Å². The first-order valence-corrected chi connectivity index (χ1v) is 6.27. The molecule has 1 aliphatic rings. The predicted molar refractivity (Wildman–Crippen MR) is 64.5 cm³/mol. The van der Waals surface area contributed by atoms with Crippen LogP contribution >= 0.6 is 0 Å². The molecule has 1 aliphatic carbocycles. The van der Waals surface area contributed by atoms with E-state index in [1.54, 1.807) is 0 Å². The second-order valence-electron chi connectivity index (χ2n) is 4.68. The summed E-state index contributed by atoms with van der Waals surface area (Å²) in [4.78, 5) is 11.8. The Balaban J connectivity index is 0.00000225. The number of allylic oxidation sites excluding steroid dienone is 1. The number of hydrogen-bond acceptors (Lipinski definition) is 1. The first kappa shape index (κ1) is 16.5. The molecule has 1 saturated carbocycles. The molecule has 1 atom stereocenters. The first-order chi connectivity index (χ1) is 7.22. The van der Waals surface area contributed by atoms with Crippen LogP contribution in [0.4, 0.5) is 0 Å². The summed E-state index contributed by atoms with van der Waals surface area (Å²) in [6.45, 7) is 7.83. The van der Waals surface area contributed by atoms with E-state index in [1.165, 1.54) is 32.1 Å². The number of rotatable bonds is 0. The van der Waals surface area contributed by atoms with Crippen molar-refractivity contribution in [1.82, 2.24) is 0 Å². The Morgan fingerprint density at radius 2 is 1.50 bits per heavy atom. The van der Waals surface area contributed by atoms with Crippen molar-refractivity contribution in [2.45, 2.75) is 57.8 Å². The Hall–Kier alpha value is 0.514. The van der Waals surface area contributed by atoms with E-state index in [-0.39, 0.29) is 44.4 Å². The molecule has 0 N–H and O–H groups in total.